The Morgan fingerprint density at radius 1 is 1.29 bits per heavy atom. The number of carbonyl (C=O) groups excluding carboxylic acids is 1. The van der Waals surface area contributed by atoms with Gasteiger partial charge in [-0.1, -0.05) is 18.2 Å². The van der Waals surface area contributed by atoms with Gasteiger partial charge in [0.1, 0.15) is 24.5 Å². The summed E-state index contributed by atoms with van der Waals surface area (Å²) >= 11 is 0. The van der Waals surface area contributed by atoms with Crippen molar-refractivity contribution in [3.05, 3.63) is 47.4 Å². The third-order valence-electron chi connectivity index (χ3n) is 4.84. The lowest BCUT2D eigenvalue weighted by atomic mass is 9.96. The van der Waals surface area contributed by atoms with Crippen molar-refractivity contribution in [3.8, 4) is 5.75 Å². The summed E-state index contributed by atoms with van der Waals surface area (Å²) in [5.41, 5.74) is 8.65. The summed E-state index contributed by atoms with van der Waals surface area (Å²) < 4.78 is 5.89. The molecule has 1 amide bonds. The number of hydrogen-bond acceptors (Lipinski definition) is 5. The lowest BCUT2D eigenvalue weighted by molar-refractivity contribution is -0.122. The lowest BCUT2D eigenvalue weighted by Gasteiger charge is -2.33. The molecule has 1 aromatic heterocycles. The van der Waals surface area contributed by atoms with Crippen LogP contribution < -0.4 is 15.4 Å². The van der Waals surface area contributed by atoms with Gasteiger partial charge in [0.25, 0.3) is 0 Å². The summed E-state index contributed by atoms with van der Waals surface area (Å²) in [6, 6.07) is 8.05. The Morgan fingerprint density at radius 3 is 3.04 bits per heavy atom. The average molecular weight is 324 g/mol. The van der Waals surface area contributed by atoms with E-state index in [9.17, 15) is 4.79 Å². The van der Waals surface area contributed by atoms with Crippen LogP contribution in [0.4, 0.5) is 5.82 Å². The number of nitrogens with two attached hydrogens (primary N) is 1. The van der Waals surface area contributed by atoms with E-state index >= 15 is 0 Å². The highest BCUT2D eigenvalue weighted by Gasteiger charge is 2.28. The molecule has 2 aliphatic rings. The molecule has 2 aliphatic heterocycles. The maximum absolute atomic E-state index is 11.6. The number of amides is 1. The third kappa shape index (κ3) is 2.68. The molecule has 1 atom stereocenters. The van der Waals surface area contributed by atoms with E-state index in [1.54, 1.807) is 6.33 Å². The largest absolute Gasteiger partial charge is 0.487 e. The normalized spacial score (nSPS) is 19.7. The second-order valence-corrected chi connectivity index (χ2v) is 6.38. The van der Waals surface area contributed by atoms with Crippen LogP contribution in [0, 0.1) is 5.92 Å². The van der Waals surface area contributed by atoms with Crippen LogP contribution in [0.5, 0.6) is 5.75 Å². The molecule has 6 heteroatoms. The van der Waals surface area contributed by atoms with Crippen molar-refractivity contribution >= 4 is 11.7 Å². The molecule has 0 bridgehead atoms. The molecule has 0 radical (unpaired) electrons. The second-order valence-electron chi connectivity index (χ2n) is 6.38. The number of ether oxygens (including phenoxy) is 1. The van der Waals surface area contributed by atoms with Crippen molar-refractivity contribution in [2.75, 3.05) is 18.0 Å². The molecule has 0 spiro atoms. The molecular weight excluding hydrogens is 304 g/mol. The summed E-state index contributed by atoms with van der Waals surface area (Å²) in [4.78, 5) is 22.7. The molecule has 4 rings (SSSR count). The predicted molar refractivity (Wildman–Crippen MR) is 89.7 cm³/mol. The number of rotatable bonds is 2. The van der Waals surface area contributed by atoms with E-state index in [0.29, 0.717) is 13.2 Å². The fraction of sp³-hybridized carbons (Fsp3) is 0.389. The number of anilines is 1. The minimum absolute atomic E-state index is 0.112. The monoisotopic (exact) mass is 324 g/mol. The molecule has 124 valence electrons. The van der Waals surface area contributed by atoms with Gasteiger partial charge >= 0.3 is 0 Å². The number of fused-ring (bicyclic) bond motifs is 2. The molecule has 0 unspecified atom stereocenters. The first-order valence-electron chi connectivity index (χ1n) is 8.30. The SMILES string of the molecule is NC(=O)[C@H]1CCCN(c2ncnc3c2Cc2ccccc2OC3)C1. The van der Waals surface area contributed by atoms with Gasteiger partial charge in [-0.15, -0.1) is 0 Å². The Morgan fingerprint density at radius 2 is 2.17 bits per heavy atom. The third-order valence-corrected chi connectivity index (χ3v) is 4.84. The molecular formula is C18H20N4O2. The van der Waals surface area contributed by atoms with Crippen LogP contribution >= 0.6 is 0 Å². The Bertz CT molecular complexity index is 777. The topological polar surface area (TPSA) is 81.3 Å². The van der Waals surface area contributed by atoms with Gasteiger partial charge in [-0.25, -0.2) is 9.97 Å². The smallest absolute Gasteiger partial charge is 0.222 e. The van der Waals surface area contributed by atoms with Crippen LogP contribution in [-0.4, -0.2) is 29.0 Å². The Hall–Kier alpha value is -2.63. The van der Waals surface area contributed by atoms with E-state index < -0.39 is 0 Å². The van der Waals surface area contributed by atoms with Crippen molar-refractivity contribution in [1.82, 2.24) is 9.97 Å². The number of carbonyl (C=O) groups is 1. The van der Waals surface area contributed by atoms with E-state index in [1.165, 1.54) is 0 Å². The number of aromatic nitrogens is 2. The van der Waals surface area contributed by atoms with Crippen molar-refractivity contribution in [3.63, 3.8) is 0 Å². The molecule has 1 saturated heterocycles. The first-order chi connectivity index (χ1) is 11.7. The highest BCUT2D eigenvalue weighted by molar-refractivity contribution is 5.77. The van der Waals surface area contributed by atoms with Gasteiger partial charge in [-0.05, 0) is 24.5 Å². The average Bonchev–Trinajstić information content (AvgIpc) is 2.81. The summed E-state index contributed by atoms with van der Waals surface area (Å²) in [5, 5.41) is 0. The first kappa shape index (κ1) is 14.9. The van der Waals surface area contributed by atoms with Gasteiger partial charge < -0.3 is 15.4 Å². The van der Waals surface area contributed by atoms with Crippen LogP contribution in [0.3, 0.4) is 0 Å². The van der Waals surface area contributed by atoms with E-state index in [0.717, 1.165) is 54.2 Å². The molecule has 1 aromatic carbocycles. The molecule has 6 nitrogen and oxygen atoms in total. The molecule has 0 aliphatic carbocycles. The van der Waals surface area contributed by atoms with E-state index in [2.05, 4.69) is 20.9 Å². The van der Waals surface area contributed by atoms with Crippen LogP contribution in [0.15, 0.2) is 30.6 Å². The Balaban J connectivity index is 1.70. The molecule has 2 aromatic rings. The summed E-state index contributed by atoms with van der Waals surface area (Å²) in [7, 11) is 0. The minimum Gasteiger partial charge on any atom is -0.487 e. The van der Waals surface area contributed by atoms with Gasteiger partial charge in [0.05, 0.1) is 11.6 Å². The molecule has 1 fully saturated rings. The summed E-state index contributed by atoms with van der Waals surface area (Å²) in [5.74, 6) is 1.47. The van der Waals surface area contributed by atoms with Crippen LogP contribution in [0.1, 0.15) is 29.7 Å². The lowest BCUT2D eigenvalue weighted by Crippen LogP contribution is -2.42. The van der Waals surface area contributed by atoms with Gasteiger partial charge in [-0.2, -0.15) is 0 Å². The number of piperidine rings is 1. The highest BCUT2D eigenvalue weighted by Crippen LogP contribution is 2.33. The number of hydrogen-bond donors (Lipinski definition) is 1. The standard InChI is InChI=1S/C18H20N4O2/c19-17(23)13-5-3-7-22(9-13)18-14-8-12-4-1-2-6-16(12)24-10-15(14)20-11-21-18/h1-2,4,6,11,13H,3,5,7-10H2,(H2,19,23)/t13-/m0/s1. The predicted octanol–water partition coefficient (Wildman–Crippen LogP) is 1.66. The number of nitrogens with zero attached hydrogens (tertiary/aromatic N) is 3. The maximum Gasteiger partial charge on any atom is 0.222 e. The minimum atomic E-state index is -0.228. The van der Waals surface area contributed by atoms with Gasteiger partial charge in [0, 0.05) is 25.1 Å². The van der Waals surface area contributed by atoms with Gasteiger partial charge in [0.2, 0.25) is 5.91 Å². The van der Waals surface area contributed by atoms with Crippen LogP contribution in [0.2, 0.25) is 0 Å². The highest BCUT2D eigenvalue weighted by atomic mass is 16.5. The summed E-state index contributed by atoms with van der Waals surface area (Å²) in [6.07, 6.45) is 4.12. The second kappa shape index (κ2) is 6.11. The van der Waals surface area contributed by atoms with Crippen molar-refractivity contribution < 1.29 is 9.53 Å². The number of primary amides is 1. The fourth-order valence-electron chi connectivity index (χ4n) is 3.55. The first-order valence-corrected chi connectivity index (χ1v) is 8.30. The Labute approximate surface area is 140 Å². The zero-order valence-corrected chi connectivity index (χ0v) is 13.4. The molecule has 2 N–H and O–H groups in total. The van der Waals surface area contributed by atoms with Crippen LogP contribution in [-0.2, 0) is 17.8 Å². The number of benzene rings is 1. The molecule has 0 saturated carbocycles. The zero-order chi connectivity index (χ0) is 16.5. The maximum atomic E-state index is 11.6. The van der Waals surface area contributed by atoms with Crippen LogP contribution in [0.25, 0.3) is 0 Å². The van der Waals surface area contributed by atoms with E-state index in [1.807, 2.05) is 18.2 Å². The van der Waals surface area contributed by atoms with E-state index in [-0.39, 0.29) is 11.8 Å². The number of para-hydroxylation sites is 1. The summed E-state index contributed by atoms with van der Waals surface area (Å²) in [6.45, 7) is 1.95. The van der Waals surface area contributed by atoms with E-state index in [4.69, 9.17) is 10.5 Å². The zero-order valence-electron chi connectivity index (χ0n) is 13.4. The quantitative estimate of drug-likeness (QED) is 0.908. The Kier molecular flexibility index (Phi) is 3.80. The van der Waals surface area contributed by atoms with Gasteiger partial charge in [-0.3, -0.25) is 4.79 Å². The molecule has 3 heterocycles. The van der Waals surface area contributed by atoms with Crippen molar-refractivity contribution in [2.45, 2.75) is 25.9 Å². The van der Waals surface area contributed by atoms with Crippen molar-refractivity contribution in [2.24, 2.45) is 11.7 Å². The fourth-order valence-corrected chi connectivity index (χ4v) is 3.55. The van der Waals surface area contributed by atoms with Crippen molar-refractivity contribution in [1.29, 1.82) is 0 Å². The van der Waals surface area contributed by atoms with Gasteiger partial charge in [0.15, 0.2) is 0 Å². The molecule has 24 heavy (non-hydrogen) atoms.